The average Bonchev–Trinajstić information content (AvgIpc) is 2.74. The number of hydrogen-bond donors (Lipinski definition) is 2. The second kappa shape index (κ2) is 5.06. The Morgan fingerprint density at radius 1 is 1.12 bits per heavy atom. The van der Waals surface area contributed by atoms with E-state index in [4.69, 9.17) is 9.52 Å². The molecule has 0 saturated heterocycles. The molecule has 2 N–H and O–H groups in total. The van der Waals surface area contributed by atoms with Crippen LogP contribution in [0.3, 0.4) is 0 Å². The standard InChI is InChI=1S/C14H16O3/c1-10-2-5-13(17-10)6-3-11-4-7-14(16)12(8-11)9-15/h2,4-5,7-8,15-16H,3,6,9H2,1H3. The zero-order valence-corrected chi connectivity index (χ0v) is 9.81. The van der Waals surface area contributed by atoms with Crippen LogP contribution in [-0.4, -0.2) is 10.2 Å². The number of benzene rings is 1. The molecule has 2 aromatic rings. The Balaban J connectivity index is 2.04. The summed E-state index contributed by atoms with van der Waals surface area (Å²) in [5.41, 5.74) is 1.65. The minimum absolute atomic E-state index is 0.139. The Hall–Kier alpha value is -1.74. The Bertz CT molecular complexity index is 500. The largest absolute Gasteiger partial charge is 0.508 e. The van der Waals surface area contributed by atoms with Crippen LogP contribution >= 0.6 is 0 Å². The molecule has 2 rings (SSSR count). The predicted octanol–water partition coefficient (Wildman–Crippen LogP) is 2.57. The van der Waals surface area contributed by atoms with E-state index in [-0.39, 0.29) is 12.4 Å². The van der Waals surface area contributed by atoms with Crippen LogP contribution in [0.4, 0.5) is 0 Å². The van der Waals surface area contributed by atoms with Crippen LogP contribution in [0.2, 0.25) is 0 Å². The monoisotopic (exact) mass is 232 g/mol. The molecule has 0 bridgehead atoms. The summed E-state index contributed by atoms with van der Waals surface area (Å²) in [5.74, 6) is 2.02. The van der Waals surface area contributed by atoms with Gasteiger partial charge in [0.15, 0.2) is 0 Å². The van der Waals surface area contributed by atoms with Gasteiger partial charge in [-0.2, -0.15) is 0 Å². The Kier molecular flexibility index (Phi) is 3.49. The van der Waals surface area contributed by atoms with Crippen molar-refractivity contribution in [1.82, 2.24) is 0 Å². The summed E-state index contributed by atoms with van der Waals surface area (Å²) < 4.78 is 5.49. The molecule has 17 heavy (non-hydrogen) atoms. The van der Waals surface area contributed by atoms with Crippen LogP contribution in [0, 0.1) is 6.92 Å². The van der Waals surface area contributed by atoms with Gasteiger partial charge in [0.1, 0.15) is 17.3 Å². The van der Waals surface area contributed by atoms with Crippen molar-refractivity contribution in [2.75, 3.05) is 0 Å². The highest BCUT2D eigenvalue weighted by atomic mass is 16.3. The number of aliphatic hydroxyl groups is 1. The lowest BCUT2D eigenvalue weighted by Crippen LogP contribution is -1.92. The van der Waals surface area contributed by atoms with Crippen molar-refractivity contribution in [3.63, 3.8) is 0 Å². The van der Waals surface area contributed by atoms with Gasteiger partial charge in [-0.1, -0.05) is 6.07 Å². The second-order valence-electron chi connectivity index (χ2n) is 4.13. The maximum Gasteiger partial charge on any atom is 0.121 e. The van der Waals surface area contributed by atoms with Crippen LogP contribution in [0.25, 0.3) is 0 Å². The van der Waals surface area contributed by atoms with E-state index in [2.05, 4.69) is 0 Å². The van der Waals surface area contributed by atoms with Crippen molar-refractivity contribution in [2.24, 2.45) is 0 Å². The number of rotatable bonds is 4. The minimum Gasteiger partial charge on any atom is -0.508 e. The van der Waals surface area contributed by atoms with Crippen LogP contribution < -0.4 is 0 Å². The molecule has 0 aliphatic rings. The molecule has 0 fully saturated rings. The van der Waals surface area contributed by atoms with Crippen molar-refractivity contribution >= 4 is 0 Å². The van der Waals surface area contributed by atoms with Crippen LogP contribution in [0.1, 0.15) is 22.6 Å². The summed E-state index contributed by atoms with van der Waals surface area (Å²) in [6.45, 7) is 1.79. The molecule has 3 heteroatoms. The van der Waals surface area contributed by atoms with Gasteiger partial charge in [0, 0.05) is 12.0 Å². The first kappa shape index (κ1) is 11.7. The van der Waals surface area contributed by atoms with Gasteiger partial charge in [0.05, 0.1) is 6.61 Å². The third-order valence-corrected chi connectivity index (χ3v) is 2.77. The lowest BCUT2D eigenvalue weighted by molar-refractivity contribution is 0.275. The van der Waals surface area contributed by atoms with E-state index in [1.807, 2.05) is 31.2 Å². The molecule has 1 aromatic carbocycles. The van der Waals surface area contributed by atoms with E-state index in [1.54, 1.807) is 6.07 Å². The molecular formula is C14H16O3. The first-order valence-electron chi connectivity index (χ1n) is 5.66. The van der Waals surface area contributed by atoms with Crippen LogP contribution in [0.15, 0.2) is 34.7 Å². The molecule has 0 amide bonds. The summed E-state index contributed by atoms with van der Waals surface area (Å²) in [4.78, 5) is 0. The van der Waals surface area contributed by atoms with Gasteiger partial charge in [-0.05, 0) is 43.2 Å². The van der Waals surface area contributed by atoms with Gasteiger partial charge in [-0.15, -0.1) is 0 Å². The maximum atomic E-state index is 9.45. The lowest BCUT2D eigenvalue weighted by Gasteiger charge is -2.04. The molecule has 3 nitrogen and oxygen atoms in total. The van der Waals surface area contributed by atoms with Gasteiger partial charge < -0.3 is 14.6 Å². The third-order valence-electron chi connectivity index (χ3n) is 2.77. The van der Waals surface area contributed by atoms with Crippen molar-refractivity contribution in [1.29, 1.82) is 0 Å². The SMILES string of the molecule is Cc1ccc(CCc2ccc(O)c(CO)c2)o1. The molecule has 0 spiro atoms. The smallest absolute Gasteiger partial charge is 0.121 e. The maximum absolute atomic E-state index is 9.45. The highest BCUT2D eigenvalue weighted by Gasteiger charge is 2.03. The van der Waals surface area contributed by atoms with Gasteiger partial charge in [-0.25, -0.2) is 0 Å². The fourth-order valence-electron chi connectivity index (χ4n) is 1.81. The molecule has 0 atom stereocenters. The first-order chi connectivity index (χ1) is 8.19. The lowest BCUT2D eigenvalue weighted by atomic mass is 10.1. The van der Waals surface area contributed by atoms with Gasteiger partial charge in [0.25, 0.3) is 0 Å². The Morgan fingerprint density at radius 3 is 2.59 bits per heavy atom. The Labute approximate surface area is 100 Å². The summed E-state index contributed by atoms with van der Waals surface area (Å²) >= 11 is 0. The zero-order valence-electron chi connectivity index (χ0n) is 9.81. The second-order valence-corrected chi connectivity index (χ2v) is 4.13. The van der Waals surface area contributed by atoms with E-state index in [9.17, 15) is 5.11 Å². The summed E-state index contributed by atoms with van der Waals surface area (Å²) in [5, 5.41) is 18.5. The molecule has 0 unspecified atom stereocenters. The fourth-order valence-corrected chi connectivity index (χ4v) is 1.81. The Morgan fingerprint density at radius 2 is 1.94 bits per heavy atom. The predicted molar refractivity (Wildman–Crippen MR) is 64.9 cm³/mol. The molecule has 0 saturated carbocycles. The van der Waals surface area contributed by atoms with Crippen molar-refractivity contribution < 1.29 is 14.6 Å². The van der Waals surface area contributed by atoms with Gasteiger partial charge in [-0.3, -0.25) is 0 Å². The van der Waals surface area contributed by atoms with Gasteiger partial charge in [0.2, 0.25) is 0 Å². The van der Waals surface area contributed by atoms with E-state index in [0.717, 1.165) is 29.9 Å². The van der Waals surface area contributed by atoms with Crippen LogP contribution in [-0.2, 0) is 19.4 Å². The molecule has 1 aromatic heterocycles. The quantitative estimate of drug-likeness (QED) is 0.851. The highest BCUT2D eigenvalue weighted by Crippen LogP contribution is 2.19. The number of hydrogen-bond acceptors (Lipinski definition) is 3. The topological polar surface area (TPSA) is 53.6 Å². The summed E-state index contributed by atoms with van der Waals surface area (Å²) in [6, 6.07) is 9.23. The summed E-state index contributed by atoms with van der Waals surface area (Å²) in [6.07, 6.45) is 1.66. The molecule has 0 aliphatic carbocycles. The minimum atomic E-state index is -0.139. The zero-order chi connectivity index (χ0) is 12.3. The van der Waals surface area contributed by atoms with E-state index >= 15 is 0 Å². The summed E-state index contributed by atoms with van der Waals surface area (Å²) in [7, 11) is 0. The fraction of sp³-hybridized carbons (Fsp3) is 0.286. The average molecular weight is 232 g/mol. The van der Waals surface area contributed by atoms with Crippen molar-refractivity contribution in [3.8, 4) is 5.75 Å². The van der Waals surface area contributed by atoms with Crippen LogP contribution in [0.5, 0.6) is 5.75 Å². The van der Waals surface area contributed by atoms with Crippen molar-refractivity contribution in [3.05, 3.63) is 53.0 Å². The number of furan rings is 1. The number of aromatic hydroxyl groups is 1. The first-order valence-corrected chi connectivity index (χ1v) is 5.66. The molecule has 0 aliphatic heterocycles. The van der Waals surface area contributed by atoms with Gasteiger partial charge >= 0.3 is 0 Å². The highest BCUT2D eigenvalue weighted by molar-refractivity contribution is 5.35. The number of aliphatic hydroxyl groups excluding tert-OH is 1. The normalized spacial score (nSPS) is 10.7. The molecule has 0 radical (unpaired) electrons. The third kappa shape index (κ3) is 2.88. The number of phenols is 1. The van der Waals surface area contributed by atoms with E-state index < -0.39 is 0 Å². The molecule has 1 heterocycles. The van der Waals surface area contributed by atoms with Crippen molar-refractivity contribution in [2.45, 2.75) is 26.4 Å². The number of aryl methyl sites for hydroxylation is 3. The molecule has 90 valence electrons. The molecular weight excluding hydrogens is 216 g/mol. The van der Waals surface area contributed by atoms with E-state index in [0.29, 0.717) is 5.56 Å². The van der Waals surface area contributed by atoms with E-state index in [1.165, 1.54) is 0 Å².